The Labute approximate surface area is 101 Å². The molecule has 0 aromatic carbocycles. The van der Waals surface area contributed by atoms with Crippen LogP contribution in [-0.2, 0) is 15.5 Å². The van der Waals surface area contributed by atoms with Crippen LogP contribution >= 0.6 is 0 Å². The summed E-state index contributed by atoms with van der Waals surface area (Å²) in [5.74, 6) is -0.432. The van der Waals surface area contributed by atoms with E-state index >= 15 is 0 Å². The van der Waals surface area contributed by atoms with Crippen LogP contribution < -0.4 is 0 Å². The molecule has 1 aromatic rings. The monoisotopic (exact) mass is 258 g/mol. The number of rotatable bonds is 4. The number of hydrogen-bond donors (Lipinski definition) is 1. The SMILES string of the molecule is O=C(O)c1ccc(S(=O)CC2CCOCC2)o1. The molecule has 0 spiro atoms. The summed E-state index contributed by atoms with van der Waals surface area (Å²) in [6.07, 6.45) is 1.80. The van der Waals surface area contributed by atoms with E-state index in [1.54, 1.807) is 0 Å². The lowest BCUT2D eigenvalue weighted by atomic mass is 10.0. The molecule has 1 N–H and O–H groups in total. The molecule has 2 heterocycles. The van der Waals surface area contributed by atoms with Crippen LogP contribution in [0.5, 0.6) is 0 Å². The third-order valence-corrected chi connectivity index (χ3v) is 4.19. The Balaban J connectivity index is 1.96. The molecule has 0 radical (unpaired) electrons. The van der Waals surface area contributed by atoms with Gasteiger partial charge in [-0.1, -0.05) is 0 Å². The van der Waals surface area contributed by atoms with E-state index in [1.165, 1.54) is 12.1 Å². The van der Waals surface area contributed by atoms with Crippen molar-refractivity contribution < 1.29 is 23.3 Å². The van der Waals surface area contributed by atoms with Gasteiger partial charge in [0.25, 0.3) is 0 Å². The maximum absolute atomic E-state index is 11.9. The molecule has 5 nitrogen and oxygen atoms in total. The molecule has 1 unspecified atom stereocenters. The molecule has 2 rings (SSSR count). The van der Waals surface area contributed by atoms with Crippen molar-refractivity contribution in [2.24, 2.45) is 5.92 Å². The summed E-state index contributed by atoms with van der Waals surface area (Å²) in [7, 11) is -1.26. The largest absolute Gasteiger partial charge is 0.475 e. The van der Waals surface area contributed by atoms with E-state index in [-0.39, 0.29) is 10.9 Å². The minimum atomic E-state index is -1.26. The fourth-order valence-electron chi connectivity index (χ4n) is 1.77. The number of hydrogen-bond acceptors (Lipinski definition) is 4. The van der Waals surface area contributed by atoms with Crippen LogP contribution in [0.1, 0.15) is 23.4 Å². The first-order valence-corrected chi connectivity index (χ1v) is 6.78. The number of furan rings is 1. The highest BCUT2D eigenvalue weighted by Crippen LogP contribution is 2.20. The zero-order valence-electron chi connectivity index (χ0n) is 9.26. The number of carboxylic acids is 1. The maximum atomic E-state index is 11.9. The molecule has 1 saturated heterocycles. The van der Waals surface area contributed by atoms with Gasteiger partial charge in [0.1, 0.15) is 0 Å². The summed E-state index contributed by atoms with van der Waals surface area (Å²) >= 11 is 0. The number of carboxylic acid groups (broad SMARTS) is 1. The quantitative estimate of drug-likeness (QED) is 0.885. The lowest BCUT2D eigenvalue weighted by Gasteiger charge is -2.20. The zero-order chi connectivity index (χ0) is 12.3. The van der Waals surface area contributed by atoms with E-state index in [9.17, 15) is 9.00 Å². The van der Waals surface area contributed by atoms with Gasteiger partial charge in [-0.3, -0.25) is 4.21 Å². The van der Waals surface area contributed by atoms with Crippen molar-refractivity contribution in [1.82, 2.24) is 0 Å². The van der Waals surface area contributed by atoms with Crippen LogP contribution in [0.3, 0.4) is 0 Å². The summed E-state index contributed by atoms with van der Waals surface area (Å²) in [4.78, 5) is 10.6. The molecule has 94 valence electrons. The third-order valence-electron chi connectivity index (χ3n) is 2.74. The van der Waals surface area contributed by atoms with Gasteiger partial charge in [0.15, 0.2) is 5.09 Å². The maximum Gasteiger partial charge on any atom is 0.371 e. The van der Waals surface area contributed by atoms with Crippen LogP contribution in [0.4, 0.5) is 0 Å². The average molecular weight is 258 g/mol. The molecule has 1 aromatic heterocycles. The van der Waals surface area contributed by atoms with Crippen molar-refractivity contribution >= 4 is 16.8 Å². The standard InChI is InChI=1S/C11H14O5S/c12-11(13)9-1-2-10(16-9)17(14)7-8-3-5-15-6-4-8/h1-2,8H,3-7H2,(H,12,13). The fraction of sp³-hybridized carbons (Fsp3) is 0.545. The number of aromatic carboxylic acids is 1. The molecular formula is C11H14O5S. The average Bonchev–Trinajstić information content (AvgIpc) is 2.79. The molecule has 1 aliphatic rings. The number of carbonyl (C=O) groups is 1. The van der Waals surface area contributed by atoms with E-state index < -0.39 is 16.8 Å². The fourth-order valence-corrected chi connectivity index (χ4v) is 3.10. The van der Waals surface area contributed by atoms with Gasteiger partial charge in [-0.05, 0) is 30.9 Å². The van der Waals surface area contributed by atoms with E-state index in [0.29, 0.717) is 24.9 Å². The van der Waals surface area contributed by atoms with E-state index in [2.05, 4.69) is 0 Å². The Bertz CT molecular complexity index is 419. The molecule has 1 fully saturated rings. The van der Waals surface area contributed by atoms with Crippen LogP contribution in [0.25, 0.3) is 0 Å². The van der Waals surface area contributed by atoms with Gasteiger partial charge in [-0.25, -0.2) is 4.79 Å². The van der Waals surface area contributed by atoms with Gasteiger partial charge in [-0.2, -0.15) is 0 Å². The lowest BCUT2D eigenvalue weighted by molar-refractivity contribution is 0.0656. The van der Waals surface area contributed by atoms with Gasteiger partial charge in [0.05, 0.1) is 10.8 Å². The minimum absolute atomic E-state index is 0.166. The minimum Gasteiger partial charge on any atom is -0.475 e. The smallest absolute Gasteiger partial charge is 0.371 e. The lowest BCUT2D eigenvalue weighted by Crippen LogP contribution is -2.20. The van der Waals surface area contributed by atoms with E-state index in [4.69, 9.17) is 14.3 Å². The normalized spacial score (nSPS) is 19.1. The highest BCUT2D eigenvalue weighted by atomic mass is 32.2. The highest BCUT2D eigenvalue weighted by Gasteiger charge is 2.20. The van der Waals surface area contributed by atoms with Crippen LogP contribution in [0.15, 0.2) is 21.6 Å². The molecule has 17 heavy (non-hydrogen) atoms. The first kappa shape index (κ1) is 12.3. The van der Waals surface area contributed by atoms with Crippen molar-refractivity contribution in [2.45, 2.75) is 17.9 Å². The van der Waals surface area contributed by atoms with Gasteiger partial charge in [0, 0.05) is 19.0 Å². The van der Waals surface area contributed by atoms with Gasteiger partial charge >= 0.3 is 5.97 Å². The molecule has 0 bridgehead atoms. The third kappa shape index (κ3) is 3.17. The second-order valence-electron chi connectivity index (χ2n) is 3.99. The predicted molar refractivity (Wildman–Crippen MR) is 60.5 cm³/mol. The Morgan fingerprint density at radius 3 is 2.71 bits per heavy atom. The molecule has 0 amide bonds. The van der Waals surface area contributed by atoms with Gasteiger partial charge in [-0.15, -0.1) is 0 Å². The number of ether oxygens (including phenoxy) is 1. The summed E-state index contributed by atoms with van der Waals surface area (Å²) < 4.78 is 22.2. The highest BCUT2D eigenvalue weighted by molar-refractivity contribution is 7.84. The van der Waals surface area contributed by atoms with Crippen molar-refractivity contribution in [3.8, 4) is 0 Å². The Morgan fingerprint density at radius 2 is 2.12 bits per heavy atom. The second-order valence-corrected chi connectivity index (χ2v) is 5.42. The molecular weight excluding hydrogens is 244 g/mol. The predicted octanol–water partition coefficient (Wildman–Crippen LogP) is 1.51. The van der Waals surface area contributed by atoms with E-state index in [0.717, 1.165) is 12.8 Å². The zero-order valence-corrected chi connectivity index (χ0v) is 10.1. The van der Waals surface area contributed by atoms with Crippen LogP contribution in [0, 0.1) is 5.92 Å². The van der Waals surface area contributed by atoms with Crippen molar-refractivity contribution in [3.63, 3.8) is 0 Å². The van der Waals surface area contributed by atoms with Gasteiger partial charge < -0.3 is 14.3 Å². The summed E-state index contributed by atoms with van der Waals surface area (Å²) in [6.45, 7) is 1.42. The molecule has 1 aliphatic heterocycles. The Kier molecular flexibility index (Phi) is 3.96. The first-order valence-electron chi connectivity index (χ1n) is 5.46. The van der Waals surface area contributed by atoms with E-state index in [1.807, 2.05) is 0 Å². The first-order chi connectivity index (χ1) is 8.16. The van der Waals surface area contributed by atoms with Gasteiger partial charge in [0.2, 0.25) is 5.76 Å². The Morgan fingerprint density at radius 1 is 1.41 bits per heavy atom. The Hall–Kier alpha value is -1.14. The molecule has 6 heteroatoms. The van der Waals surface area contributed by atoms with Crippen molar-refractivity contribution in [3.05, 3.63) is 17.9 Å². The summed E-state index contributed by atoms with van der Waals surface area (Å²) in [6, 6.07) is 2.80. The van der Waals surface area contributed by atoms with Crippen molar-refractivity contribution in [1.29, 1.82) is 0 Å². The summed E-state index contributed by atoms with van der Waals surface area (Å²) in [5, 5.41) is 8.94. The molecule has 0 saturated carbocycles. The topological polar surface area (TPSA) is 76.7 Å². The van der Waals surface area contributed by atoms with Crippen LogP contribution in [-0.4, -0.2) is 34.3 Å². The van der Waals surface area contributed by atoms with Crippen molar-refractivity contribution in [2.75, 3.05) is 19.0 Å². The second kappa shape index (κ2) is 5.46. The van der Waals surface area contributed by atoms with Crippen LogP contribution in [0.2, 0.25) is 0 Å². The molecule has 0 aliphatic carbocycles. The summed E-state index contributed by atoms with van der Waals surface area (Å²) in [5.41, 5.74) is 0. The molecule has 1 atom stereocenters.